The van der Waals surface area contributed by atoms with Gasteiger partial charge in [-0.25, -0.2) is 4.39 Å². The fourth-order valence-electron chi connectivity index (χ4n) is 2.98. The number of halogens is 1. The van der Waals surface area contributed by atoms with Gasteiger partial charge in [0.25, 0.3) is 0 Å². The van der Waals surface area contributed by atoms with E-state index in [4.69, 9.17) is 0 Å². The number of rotatable bonds is 3. The zero-order valence-electron chi connectivity index (χ0n) is 11.0. The van der Waals surface area contributed by atoms with Crippen LogP contribution in [0, 0.1) is 11.2 Å². The van der Waals surface area contributed by atoms with Crippen LogP contribution in [0.2, 0.25) is 0 Å². The molecule has 2 aliphatic rings. The minimum Gasteiger partial charge on any atom is -0.302 e. The molecule has 0 aromatic heterocycles. The maximum absolute atomic E-state index is 12.9. The van der Waals surface area contributed by atoms with Crippen molar-refractivity contribution in [1.82, 2.24) is 0 Å². The monoisotopic (exact) mass is 290 g/mol. The highest BCUT2D eigenvalue weighted by Gasteiger charge is 2.47. The summed E-state index contributed by atoms with van der Waals surface area (Å²) < 4.78 is 12.9. The van der Waals surface area contributed by atoms with Crippen LogP contribution in [0.15, 0.2) is 35.2 Å². The zero-order valence-corrected chi connectivity index (χ0v) is 11.8. The van der Waals surface area contributed by atoms with Gasteiger partial charge in [0, 0.05) is 5.56 Å². The number of carbonyl (C=O) groups excluding carboxylic acids is 2. The highest BCUT2D eigenvalue weighted by Crippen LogP contribution is 2.55. The van der Waals surface area contributed by atoms with Crippen LogP contribution in [0.3, 0.4) is 0 Å². The molecule has 20 heavy (non-hydrogen) atoms. The molecule has 3 rings (SSSR count). The minimum atomic E-state index is -0.441. The van der Waals surface area contributed by atoms with E-state index in [9.17, 15) is 14.0 Å². The summed E-state index contributed by atoms with van der Waals surface area (Å²) in [7, 11) is 0. The van der Waals surface area contributed by atoms with Crippen molar-refractivity contribution in [1.29, 1.82) is 0 Å². The van der Waals surface area contributed by atoms with Gasteiger partial charge in [0.15, 0.2) is 5.78 Å². The van der Waals surface area contributed by atoms with Gasteiger partial charge < -0.3 is 4.79 Å². The minimum absolute atomic E-state index is 0.00785. The van der Waals surface area contributed by atoms with Crippen molar-refractivity contribution < 1.29 is 14.0 Å². The molecule has 0 bridgehead atoms. The second-order valence-electron chi connectivity index (χ2n) is 5.42. The first-order chi connectivity index (χ1) is 9.64. The summed E-state index contributed by atoms with van der Waals surface area (Å²) in [5.74, 6) is -0.354. The van der Waals surface area contributed by atoms with Gasteiger partial charge in [0.2, 0.25) is 0 Å². The molecular formula is C16H15FO2S. The standard InChI is InChI=1S/C16H15FO2S/c17-12-6-4-11(5-7-12)15(19)13-9-16(10-18)8-2-1-3-14(16)20-13/h3-7,10,13H,1-2,8-9H2. The van der Waals surface area contributed by atoms with Crippen LogP contribution in [0.4, 0.5) is 4.39 Å². The summed E-state index contributed by atoms with van der Waals surface area (Å²) in [5.41, 5.74) is 0.0766. The Morgan fingerprint density at radius 1 is 1.35 bits per heavy atom. The highest BCUT2D eigenvalue weighted by molar-refractivity contribution is 8.04. The summed E-state index contributed by atoms with van der Waals surface area (Å²) in [6.45, 7) is 0. The van der Waals surface area contributed by atoms with E-state index in [-0.39, 0.29) is 16.9 Å². The lowest BCUT2D eigenvalue weighted by atomic mass is 9.76. The molecule has 1 heterocycles. The highest BCUT2D eigenvalue weighted by atomic mass is 32.2. The third-order valence-electron chi connectivity index (χ3n) is 4.11. The third-order valence-corrected chi connectivity index (χ3v) is 5.61. The Labute approximate surface area is 121 Å². The molecule has 0 radical (unpaired) electrons. The van der Waals surface area contributed by atoms with Crippen LogP contribution in [0.1, 0.15) is 36.0 Å². The molecule has 1 aromatic carbocycles. The van der Waals surface area contributed by atoms with Gasteiger partial charge >= 0.3 is 0 Å². The number of benzene rings is 1. The number of allylic oxidation sites excluding steroid dienone is 2. The zero-order chi connectivity index (χ0) is 14.2. The van der Waals surface area contributed by atoms with Crippen molar-refractivity contribution >= 4 is 23.8 Å². The molecule has 1 aromatic rings. The molecule has 0 N–H and O–H groups in total. The summed E-state index contributed by atoms with van der Waals surface area (Å²) in [4.78, 5) is 25.0. The average Bonchev–Trinajstić information content (AvgIpc) is 2.87. The van der Waals surface area contributed by atoms with E-state index >= 15 is 0 Å². The molecule has 2 atom stereocenters. The smallest absolute Gasteiger partial charge is 0.176 e. The van der Waals surface area contributed by atoms with Crippen LogP contribution in [-0.2, 0) is 4.79 Å². The quantitative estimate of drug-likeness (QED) is 0.628. The molecule has 0 spiro atoms. The molecule has 0 saturated carbocycles. The molecule has 0 amide bonds. The summed E-state index contributed by atoms with van der Waals surface area (Å²) >= 11 is 1.51. The molecule has 4 heteroatoms. The van der Waals surface area contributed by atoms with E-state index in [2.05, 4.69) is 6.08 Å². The van der Waals surface area contributed by atoms with E-state index in [1.54, 1.807) is 0 Å². The number of thioether (sulfide) groups is 1. The van der Waals surface area contributed by atoms with Crippen molar-refractivity contribution in [2.45, 2.75) is 30.9 Å². The van der Waals surface area contributed by atoms with E-state index in [1.165, 1.54) is 36.0 Å². The van der Waals surface area contributed by atoms with Gasteiger partial charge in [-0.15, -0.1) is 11.8 Å². The van der Waals surface area contributed by atoms with Gasteiger partial charge in [-0.1, -0.05) is 6.08 Å². The Hall–Kier alpha value is -1.42. The summed E-state index contributed by atoms with van der Waals surface area (Å²) in [5, 5.41) is -0.227. The molecule has 1 fully saturated rings. The van der Waals surface area contributed by atoms with Gasteiger partial charge in [-0.2, -0.15) is 0 Å². The van der Waals surface area contributed by atoms with Crippen LogP contribution in [0.25, 0.3) is 0 Å². The van der Waals surface area contributed by atoms with Crippen molar-refractivity contribution in [2.24, 2.45) is 5.41 Å². The van der Waals surface area contributed by atoms with Gasteiger partial charge in [0.05, 0.1) is 10.7 Å². The lowest BCUT2D eigenvalue weighted by Crippen LogP contribution is -2.25. The largest absolute Gasteiger partial charge is 0.302 e. The number of aldehydes is 1. The van der Waals surface area contributed by atoms with Crippen molar-refractivity contribution in [3.8, 4) is 0 Å². The molecule has 1 saturated heterocycles. The normalized spacial score (nSPS) is 28.6. The molecule has 1 aliphatic carbocycles. The van der Waals surface area contributed by atoms with Crippen molar-refractivity contribution in [3.63, 3.8) is 0 Å². The number of hydrogen-bond acceptors (Lipinski definition) is 3. The topological polar surface area (TPSA) is 34.1 Å². The van der Waals surface area contributed by atoms with Crippen LogP contribution >= 0.6 is 11.8 Å². The van der Waals surface area contributed by atoms with Crippen molar-refractivity contribution in [2.75, 3.05) is 0 Å². The first kappa shape index (κ1) is 13.6. The number of ketones is 1. The van der Waals surface area contributed by atoms with Crippen molar-refractivity contribution in [3.05, 3.63) is 46.6 Å². The molecule has 1 aliphatic heterocycles. The van der Waals surface area contributed by atoms with Crippen LogP contribution < -0.4 is 0 Å². The molecule has 104 valence electrons. The summed E-state index contributed by atoms with van der Waals surface area (Å²) in [6.07, 6.45) is 6.50. The first-order valence-corrected chi connectivity index (χ1v) is 7.66. The van der Waals surface area contributed by atoms with E-state index in [0.717, 1.165) is 30.5 Å². The Morgan fingerprint density at radius 2 is 2.10 bits per heavy atom. The predicted octanol–water partition coefficient (Wildman–Crippen LogP) is 3.77. The predicted molar refractivity (Wildman–Crippen MR) is 77.2 cm³/mol. The second kappa shape index (κ2) is 5.17. The van der Waals surface area contributed by atoms with Crippen LogP contribution in [0.5, 0.6) is 0 Å². The molecule has 2 unspecified atom stereocenters. The maximum Gasteiger partial charge on any atom is 0.176 e. The SMILES string of the molecule is O=CC12CCCC=C1SC(C(=O)c1ccc(F)cc1)C2. The summed E-state index contributed by atoms with van der Waals surface area (Å²) in [6, 6.07) is 5.63. The maximum atomic E-state index is 12.9. The Balaban J connectivity index is 1.84. The first-order valence-electron chi connectivity index (χ1n) is 6.78. The second-order valence-corrected chi connectivity index (χ2v) is 6.66. The third kappa shape index (κ3) is 2.22. The van der Waals surface area contributed by atoms with Crippen LogP contribution in [-0.4, -0.2) is 17.3 Å². The van der Waals surface area contributed by atoms with Gasteiger partial charge in [0.1, 0.15) is 12.1 Å². The lowest BCUT2D eigenvalue weighted by molar-refractivity contribution is -0.114. The average molecular weight is 290 g/mol. The van der Waals surface area contributed by atoms with E-state index in [0.29, 0.717) is 12.0 Å². The van der Waals surface area contributed by atoms with Gasteiger partial charge in [-0.05, 0) is 54.9 Å². The van der Waals surface area contributed by atoms with Gasteiger partial charge in [-0.3, -0.25) is 4.79 Å². The molecule has 2 nitrogen and oxygen atoms in total. The lowest BCUT2D eigenvalue weighted by Gasteiger charge is -2.26. The number of Topliss-reactive ketones (excluding diaryl/α,β-unsaturated/α-hetero) is 1. The Bertz CT molecular complexity index is 579. The number of hydrogen-bond donors (Lipinski definition) is 0. The molecular weight excluding hydrogens is 275 g/mol. The Kier molecular flexibility index (Phi) is 3.50. The van der Waals surface area contributed by atoms with E-state index < -0.39 is 5.41 Å². The fourth-order valence-corrected chi connectivity index (χ4v) is 4.60. The number of fused-ring (bicyclic) bond motifs is 1. The fraction of sp³-hybridized carbons (Fsp3) is 0.375. The number of carbonyl (C=O) groups is 2. The van der Waals surface area contributed by atoms with E-state index in [1.807, 2.05) is 0 Å². The Morgan fingerprint density at radius 3 is 2.75 bits per heavy atom.